The van der Waals surface area contributed by atoms with Gasteiger partial charge < -0.3 is 29.1 Å². The number of hydrogen-bond acceptors (Lipinski definition) is 9. The van der Waals surface area contributed by atoms with Gasteiger partial charge in [-0.3, -0.25) is 19.2 Å². The molecule has 0 aliphatic rings. The molecule has 0 heterocycles. The normalized spacial score (nSPS) is 12.9. The first-order chi connectivity index (χ1) is 34.1. The summed E-state index contributed by atoms with van der Waals surface area (Å²) in [5.41, 5.74) is 0. The first-order valence-electron chi connectivity index (χ1n) is 30.4. The molecule has 0 aromatic heterocycles. The number of nitrogens with zero attached hydrogens (tertiary/aromatic N) is 2. The van der Waals surface area contributed by atoms with Gasteiger partial charge in [0.25, 0.3) is 0 Å². The number of carboxylic acids is 1. The molecule has 3 atom stereocenters. The molecule has 0 aliphatic heterocycles. The van der Waals surface area contributed by atoms with E-state index < -0.39 is 5.97 Å². The molecule has 0 aromatic rings. The molecule has 10 nitrogen and oxygen atoms in total. The first-order valence-corrected chi connectivity index (χ1v) is 30.4. The van der Waals surface area contributed by atoms with Gasteiger partial charge >= 0.3 is 23.9 Å². The molecule has 0 saturated carbocycles. The zero-order valence-corrected chi connectivity index (χ0v) is 47.2. The lowest BCUT2D eigenvalue weighted by Crippen LogP contribution is -2.32. The van der Waals surface area contributed by atoms with Crippen LogP contribution in [0.2, 0.25) is 0 Å². The van der Waals surface area contributed by atoms with E-state index in [1.807, 2.05) is 0 Å². The van der Waals surface area contributed by atoms with Crippen LogP contribution in [-0.2, 0) is 33.4 Å². The molecule has 0 rings (SSSR count). The van der Waals surface area contributed by atoms with Crippen molar-refractivity contribution < 1.29 is 38.5 Å². The third kappa shape index (κ3) is 45.6. The highest BCUT2D eigenvalue weighted by Gasteiger charge is 2.15. The number of carboxylic acid groups (broad SMARTS) is 1. The number of esters is 3. The summed E-state index contributed by atoms with van der Waals surface area (Å²) in [5, 5.41) is 9.15. The van der Waals surface area contributed by atoms with Crippen LogP contribution in [0, 0.1) is 0 Å². The Labute approximate surface area is 433 Å². The van der Waals surface area contributed by atoms with Gasteiger partial charge in [0.15, 0.2) is 0 Å². The van der Waals surface area contributed by atoms with Crippen molar-refractivity contribution in [3.63, 3.8) is 0 Å². The van der Waals surface area contributed by atoms with Gasteiger partial charge in [0.1, 0.15) is 18.3 Å². The highest BCUT2D eigenvalue weighted by molar-refractivity contribution is 5.70. The monoisotopic (exact) mass is 993 g/mol. The predicted octanol–water partition coefficient (Wildman–Crippen LogP) is 16.5. The summed E-state index contributed by atoms with van der Waals surface area (Å²) in [7, 11) is 0. The number of carbonyl (C=O) groups is 4. The van der Waals surface area contributed by atoms with Gasteiger partial charge in [-0.25, -0.2) is 0 Å². The van der Waals surface area contributed by atoms with Crippen LogP contribution in [0.3, 0.4) is 0 Å². The Balaban J connectivity index is 4.97. The molecule has 3 unspecified atom stereocenters. The Kier molecular flexibility index (Phi) is 50.1. The third-order valence-electron chi connectivity index (χ3n) is 14.3. The summed E-state index contributed by atoms with van der Waals surface area (Å²) in [6, 6.07) is 0. The number of aliphatic carboxylic acids is 1. The van der Waals surface area contributed by atoms with Crippen LogP contribution in [0.4, 0.5) is 0 Å². The van der Waals surface area contributed by atoms with Crippen molar-refractivity contribution in [1.82, 2.24) is 9.80 Å². The second-order valence-corrected chi connectivity index (χ2v) is 20.9. The van der Waals surface area contributed by atoms with E-state index in [4.69, 9.17) is 19.3 Å². The number of rotatable bonds is 55. The molecule has 0 saturated heterocycles. The Hall–Kier alpha value is -2.20. The highest BCUT2D eigenvalue weighted by atomic mass is 16.6. The summed E-state index contributed by atoms with van der Waals surface area (Å²) >= 11 is 0. The van der Waals surface area contributed by atoms with E-state index in [1.165, 1.54) is 109 Å². The van der Waals surface area contributed by atoms with E-state index in [9.17, 15) is 19.2 Å². The van der Waals surface area contributed by atoms with Crippen molar-refractivity contribution in [1.29, 1.82) is 0 Å². The molecule has 0 radical (unpaired) electrons. The largest absolute Gasteiger partial charge is 0.481 e. The van der Waals surface area contributed by atoms with Crippen molar-refractivity contribution in [3.05, 3.63) is 0 Å². The lowest BCUT2D eigenvalue weighted by Gasteiger charge is -2.26. The van der Waals surface area contributed by atoms with Gasteiger partial charge in [0.2, 0.25) is 0 Å². The van der Waals surface area contributed by atoms with Gasteiger partial charge in [0, 0.05) is 25.7 Å². The van der Waals surface area contributed by atoms with E-state index in [0.717, 1.165) is 168 Å². The molecule has 1 N–H and O–H groups in total. The van der Waals surface area contributed by atoms with E-state index >= 15 is 0 Å². The molecule has 0 bridgehead atoms. The van der Waals surface area contributed by atoms with Gasteiger partial charge in [-0.2, -0.15) is 0 Å². The zero-order valence-electron chi connectivity index (χ0n) is 47.2. The second-order valence-electron chi connectivity index (χ2n) is 20.9. The van der Waals surface area contributed by atoms with Crippen LogP contribution in [0.1, 0.15) is 305 Å². The maximum absolute atomic E-state index is 12.5. The summed E-state index contributed by atoms with van der Waals surface area (Å²) in [4.78, 5) is 53.8. The number of hydrogen-bond donors (Lipinski definition) is 1. The van der Waals surface area contributed by atoms with Crippen molar-refractivity contribution in [3.8, 4) is 0 Å². The summed E-state index contributed by atoms with van der Waals surface area (Å²) in [6.07, 6.45) is 42.6. The van der Waals surface area contributed by atoms with Gasteiger partial charge in [-0.15, -0.1) is 0 Å². The Morgan fingerprint density at radius 2 is 0.557 bits per heavy atom. The number of carbonyl (C=O) groups excluding carboxylic acids is 3. The molecule has 0 spiro atoms. The topological polar surface area (TPSA) is 123 Å². The molecule has 0 amide bonds. The van der Waals surface area contributed by atoms with Crippen molar-refractivity contribution in [2.24, 2.45) is 0 Å². The number of unbranched alkanes of at least 4 members (excludes halogenated alkanes) is 23. The maximum atomic E-state index is 12.5. The first kappa shape index (κ1) is 67.8. The molecule has 0 aliphatic carbocycles. The quantitative estimate of drug-likeness (QED) is 0.0358. The molecular weight excluding hydrogens is 877 g/mol. The summed E-state index contributed by atoms with van der Waals surface area (Å²) < 4.78 is 17.3. The average Bonchev–Trinajstić information content (AvgIpc) is 3.34. The molecule has 0 aromatic carbocycles. The van der Waals surface area contributed by atoms with Crippen LogP contribution < -0.4 is 0 Å². The van der Waals surface area contributed by atoms with Crippen molar-refractivity contribution >= 4 is 23.9 Å². The van der Waals surface area contributed by atoms with Crippen LogP contribution in [-0.4, -0.2) is 96.4 Å². The molecule has 414 valence electrons. The Morgan fingerprint density at radius 3 is 0.829 bits per heavy atom. The van der Waals surface area contributed by atoms with E-state index in [1.54, 1.807) is 0 Å². The predicted molar refractivity (Wildman–Crippen MR) is 293 cm³/mol. The summed E-state index contributed by atoms with van der Waals surface area (Å²) in [5.74, 6) is -0.765. The van der Waals surface area contributed by atoms with Crippen molar-refractivity contribution in [2.75, 3.05) is 39.3 Å². The van der Waals surface area contributed by atoms with Crippen LogP contribution in [0.25, 0.3) is 0 Å². The minimum atomic E-state index is -0.702. The molecule has 0 fully saturated rings. The van der Waals surface area contributed by atoms with Gasteiger partial charge in [-0.1, -0.05) is 164 Å². The van der Waals surface area contributed by atoms with Gasteiger partial charge in [-0.05, 0) is 155 Å². The van der Waals surface area contributed by atoms with Crippen LogP contribution >= 0.6 is 0 Å². The lowest BCUT2D eigenvalue weighted by atomic mass is 10.1. The Morgan fingerprint density at radius 1 is 0.314 bits per heavy atom. The molecule has 70 heavy (non-hydrogen) atoms. The fourth-order valence-corrected chi connectivity index (χ4v) is 9.55. The van der Waals surface area contributed by atoms with Crippen molar-refractivity contribution in [2.45, 2.75) is 323 Å². The zero-order chi connectivity index (χ0) is 51.6. The maximum Gasteiger partial charge on any atom is 0.306 e. The second kappa shape index (κ2) is 51.7. The smallest absolute Gasteiger partial charge is 0.306 e. The third-order valence-corrected chi connectivity index (χ3v) is 14.3. The minimum absolute atomic E-state index is 0.0189. The average molecular weight is 994 g/mol. The lowest BCUT2D eigenvalue weighted by molar-refractivity contribution is -0.150. The standard InChI is InChI=1S/C60H116N2O8/c1-7-13-29-41-54(10-4)68-58(65)45-33-22-16-19-25-36-48-61(49-37-26-20-17-23-34-46-59(66)69-55(11-5)42-30-14-8-2)52-40-53-62(51-39-28-32-44-57(63)64)50-38-27-21-18-24-35-47-60(67)70-56(12-6)43-31-15-9-3/h54-56H,7-53H2,1-6H3,(H,63,64). The summed E-state index contributed by atoms with van der Waals surface area (Å²) in [6.45, 7) is 19.5. The fourth-order valence-electron chi connectivity index (χ4n) is 9.55. The molecule has 10 heteroatoms. The van der Waals surface area contributed by atoms with E-state index in [0.29, 0.717) is 19.3 Å². The SMILES string of the molecule is CCCCCC(CC)OC(=O)CCCCCCCCN(CCCCCCCCC(=O)OC(CC)CCCCC)CCCN(CCCCCCCCC(=O)OC(CC)CCCCC)CCCCCC(=O)O. The van der Waals surface area contributed by atoms with E-state index in [-0.39, 0.29) is 42.6 Å². The molecular formula is C60H116N2O8. The van der Waals surface area contributed by atoms with Crippen LogP contribution in [0.15, 0.2) is 0 Å². The van der Waals surface area contributed by atoms with E-state index in [2.05, 4.69) is 51.3 Å². The minimum Gasteiger partial charge on any atom is -0.481 e. The fraction of sp³-hybridized carbons (Fsp3) is 0.933. The number of ether oxygens (including phenoxy) is 3. The van der Waals surface area contributed by atoms with Crippen LogP contribution in [0.5, 0.6) is 0 Å². The van der Waals surface area contributed by atoms with Gasteiger partial charge in [0.05, 0.1) is 0 Å². The highest BCUT2D eigenvalue weighted by Crippen LogP contribution is 2.18. The Bertz CT molecular complexity index is 1140.